The highest BCUT2D eigenvalue weighted by Gasteiger charge is 2.39. The van der Waals surface area contributed by atoms with Crippen LogP contribution in [0.5, 0.6) is 0 Å². The van der Waals surface area contributed by atoms with Crippen molar-refractivity contribution in [3.05, 3.63) is 83.4 Å². The van der Waals surface area contributed by atoms with Crippen molar-refractivity contribution in [2.75, 3.05) is 23.7 Å². The number of carboxylic acid groups (broad SMARTS) is 1. The van der Waals surface area contributed by atoms with Gasteiger partial charge in [-0.1, -0.05) is 31.2 Å². The van der Waals surface area contributed by atoms with Crippen molar-refractivity contribution >= 4 is 44.3 Å². The second-order valence-corrected chi connectivity index (χ2v) is 14.0. The molecular formula is C34H34F9N5O4S. The molecule has 3 aromatic carbocycles. The molecule has 19 heteroatoms. The molecule has 0 saturated heterocycles. The van der Waals surface area contributed by atoms with Crippen LogP contribution < -0.4 is 15.4 Å². The summed E-state index contributed by atoms with van der Waals surface area (Å²) >= 11 is 0. The molecule has 1 aliphatic carbocycles. The molecule has 1 saturated carbocycles. The van der Waals surface area contributed by atoms with E-state index in [1.165, 1.54) is 5.56 Å². The summed E-state index contributed by atoms with van der Waals surface area (Å²) in [6, 6.07) is 16.1. The Bertz CT molecular complexity index is 1950. The lowest BCUT2D eigenvalue weighted by Gasteiger charge is -2.28. The molecule has 0 bridgehead atoms. The molecule has 0 atom stereocenters. The van der Waals surface area contributed by atoms with Crippen molar-refractivity contribution in [3.8, 4) is 0 Å². The Kier molecular flexibility index (Phi) is 12.9. The Morgan fingerprint density at radius 2 is 1.32 bits per heavy atom. The van der Waals surface area contributed by atoms with Crippen molar-refractivity contribution in [3.63, 3.8) is 0 Å². The largest absolute Gasteiger partial charge is 0.490 e. The van der Waals surface area contributed by atoms with E-state index in [0.29, 0.717) is 31.2 Å². The van der Waals surface area contributed by atoms with E-state index in [0.717, 1.165) is 35.9 Å². The summed E-state index contributed by atoms with van der Waals surface area (Å²) in [4.78, 5) is 17.2. The monoisotopic (exact) mass is 779 g/mol. The number of aromatic nitrogens is 2. The first-order valence-electron chi connectivity index (χ1n) is 16.1. The second-order valence-electron chi connectivity index (χ2n) is 12.3. The molecule has 1 heterocycles. The fourth-order valence-corrected chi connectivity index (χ4v) is 6.67. The fraction of sp³-hybridized carbons (Fsp3) is 0.382. The molecule has 1 aliphatic rings. The number of benzene rings is 3. The number of anilines is 3. The van der Waals surface area contributed by atoms with E-state index < -0.39 is 50.5 Å². The first-order valence-corrected chi connectivity index (χ1v) is 17.6. The normalized spacial score (nSPS) is 16.8. The number of hydrogen-bond acceptors (Lipinski definition) is 7. The maximum absolute atomic E-state index is 13.2. The number of aryl methyl sites for hydroxylation is 1. The standard InChI is InChI=1S/C32H33F6N5O2S.C2HF3O2/c1-2-20-11-13-25(14-12-20)41-29-27-5-3-4-6-28(27)42-30(43-29)39-18-21-7-9-22(10-8-21)19-40-46(44,45)26-16-23(31(33,34)35)15-24(17-26)32(36,37)38;3-2(4,5)1(6)7/h3-6,11-17,21-22,40H,2,7-10,18-19H2,1H3,(H2,39,41,42,43);(H,6,7). The van der Waals surface area contributed by atoms with Crippen molar-refractivity contribution in [1.82, 2.24) is 14.7 Å². The number of aliphatic carboxylic acids is 1. The highest BCUT2D eigenvalue weighted by Crippen LogP contribution is 2.37. The lowest BCUT2D eigenvalue weighted by molar-refractivity contribution is -0.192. The predicted octanol–water partition coefficient (Wildman–Crippen LogP) is 8.80. The number of para-hydroxylation sites is 1. The first-order chi connectivity index (χ1) is 24.7. The Balaban J connectivity index is 0.000000815. The number of alkyl halides is 9. The van der Waals surface area contributed by atoms with Gasteiger partial charge < -0.3 is 15.7 Å². The minimum Gasteiger partial charge on any atom is -0.475 e. The van der Waals surface area contributed by atoms with Gasteiger partial charge in [-0.05, 0) is 92.0 Å². The smallest absolute Gasteiger partial charge is 0.475 e. The van der Waals surface area contributed by atoms with E-state index in [4.69, 9.17) is 14.9 Å². The average molecular weight is 780 g/mol. The van der Waals surface area contributed by atoms with Crippen LogP contribution in [0.4, 0.5) is 57.0 Å². The van der Waals surface area contributed by atoms with Gasteiger partial charge in [-0.2, -0.15) is 44.5 Å². The third kappa shape index (κ3) is 11.7. The van der Waals surface area contributed by atoms with Crippen LogP contribution in [0.25, 0.3) is 10.9 Å². The van der Waals surface area contributed by atoms with Crippen LogP contribution in [-0.2, 0) is 33.6 Å². The lowest BCUT2D eigenvalue weighted by atomic mass is 9.82. The zero-order valence-corrected chi connectivity index (χ0v) is 28.6. The van der Waals surface area contributed by atoms with Gasteiger partial charge in [-0.3, -0.25) is 0 Å². The minimum atomic E-state index is -5.14. The summed E-state index contributed by atoms with van der Waals surface area (Å²) in [5.74, 6) is -1.52. The Morgan fingerprint density at radius 1 is 0.792 bits per heavy atom. The first kappa shape index (κ1) is 41.1. The van der Waals surface area contributed by atoms with E-state index in [2.05, 4.69) is 39.4 Å². The van der Waals surface area contributed by atoms with Crippen molar-refractivity contribution < 1.29 is 57.8 Å². The molecule has 9 nitrogen and oxygen atoms in total. The van der Waals surface area contributed by atoms with Crippen molar-refractivity contribution in [2.45, 2.75) is 62.5 Å². The van der Waals surface area contributed by atoms with E-state index in [-0.39, 0.29) is 36.6 Å². The van der Waals surface area contributed by atoms with Crippen LogP contribution in [0.1, 0.15) is 49.3 Å². The fourth-order valence-electron chi connectivity index (χ4n) is 5.48. The van der Waals surface area contributed by atoms with Gasteiger partial charge in [-0.15, -0.1) is 0 Å². The Hall–Kier alpha value is -4.65. The molecule has 4 aromatic rings. The molecule has 0 spiro atoms. The minimum absolute atomic E-state index is 0.0951. The lowest BCUT2D eigenvalue weighted by Crippen LogP contribution is -2.32. The van der Waals surface area contributed by atoms with Crippen LogP contribution in [0, 0.1) is 11.8 Å². The number of carbonyl (C=O) groups is 1. The van der Waals surface area contributed by atoms with Crippen molar-refractivity contribution in [2.24, 2.45) is 11.8 Å². The van der Waals surface area contributed by atoms with Gasteiger partial charge in [0.25, 0.3) is 0 Å². The number of sulfonamides is 1. The molecule has 53 heavy (non-hydrogen) atoms. The topological polar surface area (TPSA) is 133 Å². The molecule has 0 aliphatic heterocycles. The number of carboxylic acids is 1. The maximum Gasteiger partial charge on any atom is 0.490 e. The number of hydrogen-bond donors (Lipinski definition) is 4. The molecule has 0 amide bonds. The molecule has 1 aromatic heterocycles. The van der Waals surface area contributed by atoms with Crippen molar-refractivity contribution in [1.29, 1.82) is 0 Å². The third-order valence-electron chi connectivity index (χ3n) is 8.42. The second kappa shape index (κ2) is 16.6. The van der Waals surface area contributed by atoms with Gasteiger partial charge in [0.15, 0.2) is 0 Å². The number of fused-ring (bicyclic) bond motifs is 1. The number of rotatable bonds is 10. The van der Waals surface area contributed by atoms with E-state index in [1.54, 1.807) is 0 Å². The SMILES string of the molecule is CCc1ccc(Nc2nc(NCC3CCC(CNS(=O)(=O)c4cc(C(F)(F)F)cc(C(F)(F)F)c4)CC3)nc3ccccc23)cc1.O=C(O)C(F)(F)F. The van der Waals surface area contributed by atoms with Crippen LogP contribution in [-0.4, -0.2) is 48.7 Å². The summed E-state index contributed by atoms with van der Waals surface area (Å²) in [6.45, 7) is 2.57. The molecule has 288 valence electrons. The van der Waals surface area contributed by atoms with Gasteiger partial charge in [-0.25, -0.2) is 22.9 Å². The zero-order valence-electron chi connectivity index (χ0n) is 27.8. The maximum atomic E-state index is 13.2. The summed E-state index contributed by atoms with van der Waals surface area (Å²) in [5, 5.41) is 14.7. The highest BCUT2D eigenvalue weighted by atomic mass is 32.2. The molecule has 0 unspecified atom stereocenters. The molecule has 0 radical (unpaired) electrons. The average Bonchev–Trinajstić information content (AvgIpc) is 3.09. The predicted molar refractivity (Wildman–Crippen MR) is 178 cm³/mol. The Labute approximate surface area is 298 Å². The van der Waals surface area contributed by atoms with Crippen LogP contribution in [0.15, 0.2) is 71.6 Å². The van der Waals surface area contributed by atoms with Gasteiger partial charge in [0, 0.05) is 24.2 Å². The Morgan fingerprint density at radius 3 is 1.83 bits per heavy atom. The highest BCUT2D eigenvalue weighted by molar-refractivity contribution is 7.89. The zero-order chi connectivity index (χ0) is 39.2. The van der Waals surface area contributed by atoms with Gasteiger partial charge in [0.05, 0.1) is 21.5 Å². The summed E-state index contributed by atoms with van der Waals surface area (Å²) in [6.07, 6.45) is -11.7. The van der Waals surface area contributed by atoms with E-state index >= 15 is 0 Å². The summed E-state index contributed by atoms with van der Waals surface area (Å²) < 4.78 is 139. The summed E-state index contributed by atoms with van der Waals surface area (Å²) in [5.41, 5.74) is -0.469. The molecular weight excluding hydrogens is 745 g/mol. The van der Waals surface area contributed by atoms with E-state index in [1.807, 2.05) is 36.4 Å². The van der Waals surface area contributed by atoms with Gasteiger partial charge in [0.1, 0.15) is 5.82 Å². The van der Waals surface area contributed by atoms with Gasteiger partial charge in [0.2, 0.25) is 16.0 Å². The summed E-state index contributed by atoms with van der Waals surface area (Å²) in [7, 11) is -4.62. The van der Waals surface area contributed by atoms with Gasteiger partial charge >= 0.3 is 24.5 Å². The molecule has 4 N–H and O–H groups in total. The van der Waals surface area contributed by atoms with Crippen LogP contribution in [0.3, 0.4) is 0 Å². The van der Waals surface area contributed by atoms with Crippen LogP contribution >= 0.6 is 0 Å². The van der Waals surface area contributed by atoms with Crippen LogP contribution in [0.2, 0.25) is 0 Å². The molecule has 1 fully saturated rings. The number of nitrogens with one attached hydrogen (secondary N) is 3. The third-order valence-corrected chi connectivity index (χ3v) is 9.82. The van der Waals surface area contributed by atoms with E-state index in [9.17, 15) is 47.9 Å². The number of nitrogens with zero attached hydrogens (tertiary/aromatic N) is 2. The number of halogens is 9. The quantitative estimate of drug-likeness (QED) is 0.118. The molecule has 5 rings (SSSR count).